The molecule has 3 aliphatic rings. The van der Waals surface area contributed by atoms with Gasteiger partial charge < -0.3 is 19.7 Å². The molecular weight excluding hydrogens is 581 g/mol. The highest BCUT2D eigenvalue weighted by molar-refractivity contribution is 7.12. The van der Waals surface area contributed by atoms with Crippen LogP contribution in [0.3, 0.4) is 0 Å². The topological polar surface area (TPSA) is 75.4 Å². The zero-order valence-electron chi connectivity index (χ0n) is 26.4. The molecule has 1 N–H and O–H groups in total. The van der Waals surface area contributed by atoms with E-state index in [0.29, 0.717) is 12.1 Å². The third-order valence-corrected chi connectivity index (χ3v) is 11.3. The summed E-state index contributed by atoms with van der Waals surface area (Å²) in [5.41, 5.74) is 10.4. The normalized spacial score (nSPS) is 16.7. The van der Waals surface area contributed by atoms with E-state index >= 15 is 0 Å². The number of amides is 1. The fraction of sp³-hybridized carbons (Fsp3) is 0.417. The van der Waals surface area contributed by atoms with Crippen LogP contribution < -0.4 is 5.32 Å². The van der Waals surface area contributed by atoms with Crippen LogP contribution in [0.1, 0.15) is 67.7 Å². The number of nitrogens with zero attached hydrogens (tertiary/aromatic N) is 5. The number of carbonyl (C=O) groups is 2. The number of benzene rings is 2. The van der Waals surface area contributed by atoms with E-state index in [1.807, 2.05) is 36.2 Å². The van der Waals surface area contributed by atoms with Crippen LogP contribution >= 0.6 is 11.3 Å². The minimum atomic E-state index is -0.00892. The van der Waals surface area contributed by atoms with E-state index in [2.05, 4.69) is 44.9 Å². The number of aryl methyl sites for hydroxylation is 5. The van der Waals surface area contributed by atoms with Gasteiger partial charge in [-0.25, -0.2) is 0 Å². The largest absolute Gasteiger partial charge is 0.348 e. The molecule has 1 saturated heterocycles. The summed E-state index contributed by atoms with van der Waals surface area (Å²) >= 11 is 1.50. The summed E-state index contributed by atoms with van der Waals surface area (Å²) in [5, 5.41) is 12.1. The van der Waals surface area contributed by atoms with Crippen molar-refractivity contribution in [3.05, 3.63) is 74.2 Å². The quantitative estimate of drug-likeness (QED) is 0.182. The maximum absolute atomic E-state index is 13.7. The second kappa shape index (κ2) is 11.2. The molecule has 0 spiro atoms. The summed E-state index contributed by atoms with van der Waals surface area (Å²) < 4.78 is 4.39. The van der Waals surface area contributed by atoms with E-state index in [-0.39, 0.29) is 11.7 Å². The van der Waals surface area contributed by atoms with Crippen LogP contribution in [0, 0.1) is 6.92 Å². The highest BCUT2D eigenvalue weighted by Gasteiger charge is 2.35. The maximum atomic E-state index is 13.7. The van der Waals surface area contributed by atoms with Crippen molar-refractivity contribution in [1.82, 2.24) is 29.5 Å². The zero-order chi connectivity index (χ0) is 30.8. The smallest absolute Gasteiger partial charge is 0.252 e. The van der Waals surface area contributed by atoms with Gasteiger partial charge in [-0.15, -0.1) is 11.3 Å². The van der Waals surface area contributed by atoms with E-state index in [4.69, 9.17) is 5.10 Å². The number of hydrogen-bond donors (Lipinski definition) is 1. The number of piperazine rings is 1. The second-order valence-electron chi connectivity index (χ2n) is 12.9. The molecule has 2 aromatic carbocycles. The Bertz CT molecular complexity index is 1990. The third kappa shape index (κ3) is 4.66. The van der Waals surface area contributed by atoms with Gasteiger partial charge in [0.15, 0.2) is 0 Å². The first-order valence-corrected chi connectivity index (χ1v) is 17.3. The van der Waals surface area contributed by atoms with Gasteiger partial charge in [0, 0.05) is 85.5 Å². The maximum Gasteiger partial charge on any atom is 0.252 e. The number of likely N-dealkylation sites (N-methyl/N-ethyl adjacent to an activating group) is 1. The zero-order valence-corrected chi connectivity index (χ0v) is 27.2. The van der Waals surface area contributed by atoms with Crippen LogP contribution in [-0.4, -0.2) is 75.1 Å². The lowest BCUT2D eigenvalue weighted by Gasteiger charge is -2.34. The van der Waals surface area contributed by atoms with Gasteiger partial charge in [0.2, 0.25) is 5.78 Å². The number of ketones is 1. The lowest BCUT2D eigenvalue weighted by atomic mass is 9.82. The number of nitrogens with one attached hydrogen (secondary N) is 1. The Morgan fingerprint density at radius 3 is 2.58 bits per heavy atom. The number of fused-ring (bicyclic) bond motifs is 10. The second-order valence-corrected chi connectivity index (χ2v) is 13.8. The summed E-state index contributed by atoms with van der Waals surface area (Å²) in [6, 6.07) is 8.25. The van der Waals surface area contributed by atoms with Gasteiger partial charge in [-0.1, -0.05) is 6.92 Å². The van der Waals surface area contributed by atoms with Crippen LogP contribution in [0.15, 0.2) is 35.8 Å². The summed E-state index contributed by atoms with van der Waals surface area (Å²) in [6.45, 7) is 12.5. The average molecular weight is 621 g/mol. The highest BCUT2D eigenvalue weighted by atomic mass is 32.1. The average Bonchev–Trinajstić information content (AvgIpc) is 3.83. The van der Waals surface area contributed by atoms with Gasteiger partial charge in [-0.05, 0) is 92.0 Å². The van der Waals surface area contributed by atoms with Crippen molar-refractivity contribution in [2.45, 2.75) is 52.6 Å². The molecule has 0 unspecified atom stereocenters. The van der Waals surface area contributed by atoms with Crippen molar-refractivity contribution < 1.29 is 9.59 Å². The predicted molar refractivity (Wildman–Crippen MR) is 181 cm³/mol. The summed E-state index contributed by atoms with van der Waals surface area (Å²) in [4.78, 5) is 33.1. The highest BCUT2D eigenvalue weighted by Crippen LogP contribution is 2.47. The van der Waals surface area contributed by atoms with Gasteiger partial charge >= 0.3 is 0 Å². The van der Waals surface area contributed by atoms with Crippen molar-refractivity contribution in [1.29, 1.82) is 0 Å². The molecule has 5 heterocycles. The molecule has 45 heavy (non-hydrogen) atoms. The number of aromatic nitrogens is 3. The van der Waals surface area contributed by atoms with Gasteiger partial charge in [-0.3, -0.25) is 14.3 Å². The monoisotopic (exact) mass is 620 g/mol. The van der Waals surface area contributed by atoms with Gasteiger partial charge in [0.1, 0.15) is 0 Å². The SMILES string of the molecule is CCN1CCN(CCCCn2c3ccc(C(=O)c4sccc4C)cc3c3c4c(c5c(c32)CCc2nn(C)cc2-5)C(=O)NC4)CC1. The third-order valence-electron chi connectivity index (χ3n) is 10.3. The van der Waals surface area contributed by atoms with Crippen molar-refractivity contribution in [2.24, 2.45) is 7.05 Å². The molecule has 0 saturated carbocycles. The number of thiophene rings is 1. The molecule has 1 fully saturated rings. The first-order valence-electron chi connectivity index (χ1n) is 16.4. The first kappa shape index (κ1) is 28.7. The van der Waals surface area contributed by atoms with E-state index in [0.717, 1.165) is 126 Å². The molecule has 3 aromatic heterocycles. The molecule has 1 amide bonds. The molecule has 8 rings (SSSR count). The Kier molecular flexibility index (Phi) is 7.15. The minimum Gasteiger partial charge on any atom is -0.348 e. The number of hydrogen-bond acceptors (Lipinski definition) is 6. The van der Waals surface area contributed by atoms with Crippen LogP contribution in [0.25, 0.3) is 32.9 Å². The molecule has 0 radical (unpaired) electrons. The van der Waals surface area contributed by atoms with Crippen LogP contribution in [0.5, 0.6) is 0 Å². The van der Waals surface area contributed by atoms with E-state index in [9.17, 15) is 9.59 Å². The molecular formula is C36H40N6O2S. The predicted octanol–water partition coefficient (Wildman–Crippen LogP) is 5.56. The number of carbonyl (C=O) groups excluding carboxylic acids is 2. The molecule has 9 heteroatoms. The molecule has 0 atom stereocenters. The Labute approximate surface area is 267 Å². The Morgan fingerprint density at radius 1 is 1.00 bits per heavy atom. The molecule has 1 aliphatic carbocycles. The van der Waals surface area contributed by atoms with Gasteiger partial charge in [-0.2, -0.15) is 5.10 Å². The van der Waals surface area contributed by atoms with Gasteiger partial charge in [0.05, 0.1) is 21.7 Å². The molecule has 0 bridgehead atoms. The molecule has 8 nitrogen and oxygen atoms in total. The minimum absolute atomic E-state index is 0.00892. The summed E-state index contributed by atoms with van der Waals surface area (Å²) in [7, 11) is 1.96. The van der Waals surface area contributed by atoms with Crippen molar-refractivity contribution in [3.8, 4) is 11.1 Å². The molecule has 2 aliphatic heterocycles. The van der Waals surface area contributed by atoms with E-state index < -0.39 is 0 Å². The lowest BCUT2D eigenvalue weighted by Crippen LogP contribution is -2.46. The van der Waals surface area contributed by atoms with Crippen LogP contribution in [0.2, 0.25) is 0 Å². The van der Waals surface area contributed by atoms with E-state index in [1.54, 1.807) is 0 Å². The fourth-order valence-corrected chi connectivity index (χ4v) is 8.85. The number of unbranched alkanes of at least 4 members (excludes halogenated alkanes) is 1. The van der Waals surface area contributed by atoms with E-state index in [1.165, 1.54) is 22.4 Å². The summed E-state index contributed by atoms with van der Waals surface area (Å²) in [6.07, 6.45) is 5.99. The molecule has 232 valence electrons. The van der Waals surface area contributed by atoms with Crippen LogP contribution in [0.4, 0.5) is 0 Å². The van der Waals surface area contributed by atoms with Gasteiger partial charge in [0.25, 0.3) is 5.91 Å². The standard InChI is InChI=1S/C36H40N6O2S/c1-4-40-14-16-41(17-15-40)12-5-6-13-42-29-10-7-23(34(43)35-22(2)11-18-45-35)19-25(29)31-26-20-37-36(44)32(26)30-24(33(31)42)8-9-28-27(30)21-39(3)38-28/h7,10-11,18-19,21H,4-6,8-9,12-17,20H2,1-3H3,(H,37,44). The van der Waals surface area contributed by atoms with Crippen molar-refractivity contribution >= 4 is 44.8 Å². The van der Waals surface area contributed by atoms with Crippen molar-refractivity contribution in [2.75, 3.05) is 39.3 Å². The van der Waals surface area contributed by atoms with Crippen LogP contribution in [-0.2, 0) is 33.0 Å². The lowest BCUT2D eigenvalue weighted by molar-refractivity contribution is 0.0965. The Hall–Kier alpha value is -3.79. The fourth-order valence-electron chi connectivity index (χ4n) is 7.96. The Balaban J connectivity index is 1.26. The first-order chi connectivity index (χ1) is 21.9. The number of rotatable bonds is 8. The summed E-state index contributed by atoms with van der Waals surface area (Å²) in [5.74, 6) is 0.0580. The Morgan fingerprint density at radius 2 is 1.80 bits per heavy atom. The van der Waals surface area contributed by atoms with Crippen molar-refractivity contribution in [3.63, 3.8) is 0 Å². The molecule has 5 aromatic rings.